The summed E-state index contributed by atoms with van der Waals surface area (Å²) in [6.45, 7) is 27.3. The number of aliphatic hydroxyl groups excluding tert-OH is 1. The molecule has 0 spiro atoms. The van der Waals surface area contributed by atoms with Crippen LogP contribution in [-0.2, 0) is 20.9 Å². The number of aromatic nitrogens is 1. The standard InChI is InChI=1S/C54H62ClN7O6S/c1-31(35-15-17-36(18-16-35)45-32(2)57-30-69-45)58-47(65)43-23-38(63)28-61(43)49(67)46(52(3,4)5)59-44(64)29-60-25-34(26-60)13-11-12-33-14-20-40-37(22-33)27-62(48(40)66)50-53(6,7)51(54(50,8)9)68-39-19-21-42(56-10)41(55)24-39/h14-22,24,30-31,34,38,43,46,50-51,63H,13,23,25-29H2,1-9H3,(H,58,65)(H,59,64)/t31-,38+,43-,46+,50?,51?/m0/s1. The number of ether oxygens (including phenoxy) is 1. The predicted molar refractivity (Wildman–Crippen MR) is 268 cm³/mol. The van der Waals surface area contributed by atoms with Gasteiger partial charge in [0.25, 0.3) is 5.91 Å². The molecule has 1 saturated carbocycles. The number of benzene rings is 3. The molecule has 4 amide bonds. The molecule has 0 unspecified atom stereocenters. The van der Waals surface area contributed by atoms with Crippen molar-refractivity contribution in [3.05, 3.63) is 111 Å². The van der Waals surface area contributed by atoms with E-state index >= 15 is 0 Å². The highest BCUT2D eigenvalue weighted by molar-refractivity contribution is 7.13. The lowest BCUT2D eigenvalue weighted by Crippen LogP contribution is -2.74. The number of aliphatic hydroxyl groups is 1. The Morgan fingerprint density at radius 1 is 1.03 bits per heavy atom. The van der Waals surface area contributed by atoms with Gasteiger partial charge in [-0.15, -0.1) is 11.3 Å². The molecule has 3 fully saturated rings. The van der Waals surface area contributed by atoms with Crippen molar-refractivity contribution >= 4 is 52.3 Å². The molecule has 13 nitrogen and oxygen atoms in total. The number of rotatable bonds is 12. The molecule has 4 aromatic rings. The first-order chi connectivity index (χ1) is 32.6. The molecule has 1 aromatic heterocycles. The Hall–Kier alpha value is -5.77. The van der Waals surface area contributed by atoms with E-state index in [9.17, 15) is 24.3 Å². The number of likely N-dealkylation sites (tertiary alicyclic amines) is 2. The SMILES string of the molecule is [C-]#[N+]c1ccc(OC2C(C)(C)C(N3Cc4cc(C#CCC5CN(CC(=O)N[C@H](C(=O)N6C[C@H](O)C[C@H]6C(=O)N[C@@H](C)c6ccc(-c7scnc7C)cc6)C(C)(C)C)C5)ccc4C3=O)C2(C)C)cc1Cl. The van der Waals surface area contributed by atoms with Crippen LogP contribution in [0.4, 0.5) is 5.69 Å². The highest BCUT2D eigenvalue weighted by Gasteiger charge is 2.67. The van der Waals surface area contributed by atoms with Gasteiger partial charge in [0.15, 0.2) is 0 Å². The van der Waals surface area contributed by atoms with Gasteiger partial charge in [-0.3, -0.25) is 24.1 Å². The molecule has 4 aliphatic rings. The van der Waals surface area contributed by atoms with Gasteiger partial charge in [0.1, 0.15) is 23.9 Å². The Morgan fingerprint density at radius 2 is 1.74 bits per heavy atom. The van der Waals surface area contributed by atoms with Crippen LogP contribution in [0.2, 0.25) is 5.02 Å². The molecule has 4 heterocycles. The maximum atomic E-state index is 14.2. The van der Waals surface area contributed by atoms with E-state index < -0.39 is 29.5 Å². The maximum absolute atomic E-state index is 14.2. The van der Waals surface area contributed by atoms with Gasteiger partial charge in [-0.25, -0.2) is 9.83 Å². The van der Waals surface area contributed by atoms with Crippen LogP contribution in [0.25, 0.3) is 15.3 Å². The smallest absolute Gasteiger partial charge is 0.254 e. The minimum atomic E-state index is -0.915. The van der Waals surface area contributed by atoms with Gasteiger partial charge >= 0.3 is 0 Å². The summed E-state index contributed by atoms with van der Waals surface area (Å²) in [6, 6.07) is 16.7. The number of amides is 4. The van der Waals surface area contributed by atoms with Crippen LogP contribution in [-0.4, -0.2) is 105 Å². The first kappa shape index (κ1) is 49.6. The van der Waals surface area contributed by atoms with Crippen LogP contribution < -0.4 is 15.4 Å². The lowest BCUT2D eigenvalue weighted by atomic mass is 9.49. The maximum Gasteiger partial charge on any atom is 0.254 e. The molecule has 1 aliphatic carbocycles. The summed E-state index contributed by atoms with van der Waals surface area (Å²) >= 11 is 7.89. The van der Waals surface area contributed by atoms with Gasteiger partial charge in [-0.2, -0.15) is 0 Å². The van der Waals surface area contributed by atoms with Crippen LogP contribution >= 0.6 is 22.9 Å². The number of hydrogen-bond donors (Lipinski definition) is 3. The molecular weight excluding hydrogens is 910 g/mol. The van der Waals surface area contributed by atoms with Gasteiger partial charge in [0.05, 0.1) is 46.4 Å². The minimum absolute atomic E-state index is 0.00102. The number of β-amino-alcohol motifs (C(OH)–C–C–N with tert-alkyl or cyclic N) is 1. The molecule has 3 N–H and O–H groups in total. The molecule has 0 bridgehead atoms. The van der Waals surface area contributed by atoms with E-state index in [1.54, 1.807) is 29.5 Å². The second kappa shape index (κ2) is 19.2. The lowest BCUT2D eigenvalue weighted by Gasteiger charge is -2.65. The summed E-state index contributed by atoms with van der Waals surface area (Å²) in [7, 11) is 0. The zero-order chi connectivity index (χ0) is 49.7. The Bertz CT molecular complexity index is 2740. The fourth-order valence-corrected chi connectivity index (χ4v) is 12.3. The molecule has 3 aliphatic heterocycles. The van der Waals surface area contributed by atoms with Crippen LogP contribution in [0.1, 0.15) is 107 Å². The second-order valence-electron chi connectivity index (χ2n) is 21.5. The van der Waals surface area contributed by atoms with Gasteiger partial charge in [-0.1, -0.05) is 102 Å². The van der Waals surface area contributed by atoms with Crippen LogP contribution in [0, 0.1) is 47.5 Å². The van der Waals surface area contributed by atoms with E-state index in [-0.39, 0.29) is 72.2 Å². The predicted octanol–water partition coefficient (Wildman–Crippen LogP) is 8.20. The lowest BCUT2D eigenvalue weighted by molar-refractivity contribution is -0.199. The first-order valence-electron chi connectivity index (χ1n) is 23.6. The van der Waals surface area contributed by atoms with Crippen molar-refractivity contribution < 1.29 is 29.0 Å². The number of thiazole rings is 1. The third kappa shape index (κ3) is 10.0. The Balaban J connectivity index is 0.812. The van der Waals surface area contributed by atoms with E-state index in [1.807, 2.05) is 92.4 Å². The van der Waals surface area contributed by atoms with Gasteiger partial charge in [0.2, 0.25) is 23.4 Å². The average molecular weight is 973 g/mol. The van der Waals surface area contributed by atoms with Gasteiger partial charge < -0.3 is 30.3 Å². The van der Waals surface area contributed by atoms with Gasteiger partial charge in [0, 0.05) is 67.0 Å². The topological polar surface area (TPSA) is 149 Å². The van der Waals surface area contributed by atoms with E-state index in [1.165, 1.54) is 4.90 Å². The number of nitrogens with one attached hydrogen (secondary N) is 2. The van der Waals surface area contributed by atoms with Crippen molar-refractivity contribution in [2.45, 2.75) is 118 Å². The van der Waals surface area contributed by atoms with Crippen LogP contribution in [0.15, 0.2) is 66.2 Å². The largest absolute Gasteiger partial charge is 0.489 e. The summed E-state index contributed by atoms with van der Waals surface area (Å²) in [5, 5.41) is 17.1. The summed E-state index contributed by atoms with van der Waals surface area (Å²) in [5.74, 6) is 6.48. The molecule has 3 aromatic carbocycles. The van der Waals surface area contributed by atoms with Crippen LogP contribution in [0.5, 0.6) is 5.75 Å². The quantitative estimate of drug-likeness (QED) is 0.0951. The third-order valence-corrected chi connectivity index (χ3v) is 15.7. The zero-order valence-corrected chi connectivity index (χ0v) is 42.4. The van der Waals surface area contributed by atoms with Gasteiger partial charge in [-0.05, 0) is 72.2 Å². The molecule has 15 heteroatoms. The van der Waals surface area contributed by atoms with Crippen molar-refractivity contribution in [1.29, 1.82) is 0 Å². The van der Waals surface area contributed by atoms with Crippen molar-refractivity contribution in [2.75, 3.05) is 26.2 Å². The number of nitrogens with zero attached hydrogens (tertiary/aromatic N) is 5. The minimum Gasteiger partial charge on any atom is -0.489 e. The Kier molecular flexibility index (Phi) is 13.8. The molecule has 2 saturated heterocycles. The van der Waals surface area contributed by atoms with E-state index in [0.717, 1.165) is 32.8 Å². The summed E-state index contributed by atoms with van der Waals surface area (Å²) in [4.78, 5) is 69.6. The number of halogens is 1. The van der Waals surface area contributed by atoms with Crippen molar-refractivity contribution in [2.24, 2.45) is 22.2 Å². The molecule has 0 radical (unpaired) electrons. The molecule has 4 atom stereocenters. The normalized spacial score (nSPS) is 22.6. The van der Waals surface area contributed by atoms with Crippen molar-refractivity contribution in [1.82, 2.24) is 30.3 Å². The van der Waals surface area contributed by atoms with Crippen molar-refractivity contribution in [3.63, 3.8) is 0 Å². The number of carbonyl (C=O) groups excluding carboxylic acids is 4. The summed E-state index contributed by atoms with van der Waals surface area (Å²) in [6.07, 6.45) is -0.303. The molecule has 362 valence electrons. The number of carbonyl (C=O) groups is 4. The third-order valence-electron chi connectivity index (χ3n) is 14.4. The van der Waals surface area contributed by atoms with Crippen LogP contribution in [0.3, 0.4) is 0 Å². The number of aryl methyl sites for hydroxylation is 1. The summed E-state index contributed by atoms with van der Waals surface area (Å²) < 4.78 is 6.48. The highest BCUT2D eigenvalue weighted by Crippen LogP contribution is 2.59. The fraction of sp³-hybridized carbons (Fsp3) is 0.481. The van der Waals surface area contributed by atoms with E-state index in [4.69, 9.17) is 22.9 Å². The van der Waals surface area contributed by atoms with E-state index in [0.29, 0.717) is 48.1 Å². The second-order valence-corrected chi connectivity index (χ2v) is 22.8. The average Bonchev–Trinajstić information content (AvgIpc) is 3.98. The van der Waals surface area contributed by atoms with Crippen molar-refractivity contribution in [3.8, 4) is 28.0 Å². The molecule has 8 rings (SSSR count). The van der Waals surface area contributed by atoms with E-state index in [2.05, 4.69) is 60.0 Å². The Morgan fingerprint density at radius 3 is 2.38 bits per heavy atom. The Labute approximate surface area is 414 Å². The molecule has 69 heavy (non-hydrogen) atoms. The number of hydrogen-bond acceptors (Lipinski definition) is 9. The molecular formula is C54H62ClN7O6S. The fourth-order valence-electron chi connectivity index (χ4n) is 11.3. The monoisotopic (exact) mass is 971 g/mol. The number of fused-ring (bicyclic) bond motifs is 1. The highest BCUT2D eigenvalue weighted by atomic mass is 35.5. The zero-order valence-electron chi connectivity index (χ0n) is 40.9. The first-order valence-corrected chi connectivity index (χ1v) is 24.9. The summed E-state index contributed by atoms with van der Waals surface area (Å²) in [5.41, 5.74) is 6.21.